The van der Waals surface area contributed by atoms with E-state index in [2.05, 4.69) is 50.5 Å². The summed E-state index contributed by atoms with van der Waals surface area (Å²) in [6.07, 6.45) is 0.893. The maximum atomic E-state index is 12.7. The number of hydrogen-bond donors (Lipinski definition) is 3. The van der Waals surface area contributed by atoms with Gasteiger partial charge in [0.2, 0.25) is 0 Å². The Morgan fingerprint density at radius 1 is 1.06 bits per heavy atom. The molecule has 166 valence electrons. The van der Waals surface area contributed by atoms with Crippen LogP contribution in [0.2, 0.25) is 0 Å². The van der Waals surface area contributed by atoms with Crippen LogP contribution in [0.4, 0.5) is 5.69 Å². The first kappa shape index (κ1) is 23.0. The van der Waals surface area contributed by atoms with E-state index in [9.17, 15) is 9.59 Å². The van der Waals surface area contributed by atoms with Crippen molar-refractivity contribution in [2.75, 3.05) is 51.6 Å². The molecule has 1 aliphatic heterocycles. The van der Waals surface area contributed by atoms with Crippen molar-refractivity contribution < 1.29 is 19.4 Å². The second-order valence-electron chi connectivity index (χ2n) is 8.66. The molecule has 3 N–H and O–H groups in total. The summed E-state index contributed by atoms with van der Waals surface area (Å²) in [5.41, 5.74) is 4.56. The van der Waals surface area contributed by atoms with Crippen LogP contribution in [0, 0.1) is 6.92 Å². The van der Waals surface area contributed by atoms with Gasteiger partial charge in [-0.05, 0) is 25.0 Å². The van der Waals surface area contributed by atoms with Crippen molar-refractivity contribution >= 4 is 17.5 Å². The lowest BCUT2D eigenvalue weighted by molar-refractivity contribution is -0.896. The van der Waals surface area contributed by atoms with Crippen LogP contribution in [-0.2, 0) is 22.6 Å². The highest BCUT2D eigenvalue weighted by Crippen LogP contribution is 2.14. The molecule has 31 heavy (non-hydrogen) atoms. The van der Waals surface area contributed by atoms with Gasteiger partial charge in [0.15, 0.2) is 13.1 Å². The average Bonchev–Trinajstić information content (AvgIpc) is 2.76. The summed E-state index contributed by atoms with van der Waals surface area (Å²) in [7, 11) is 2.07. The van der Waals surface area contributed by atoms with Crippen LogP contribution in [-0.4, -0.2) is 63.0 Å². The number of nitrogens with zero attached hydrogens (tertiary/aromatic N) is 1. The Balaban J connectivity index is 1.40. The fraction of sp³-hybridized carbons (Fsp3) is 0.440. The number of amides is 2. The fourth-order valence-corrected chi connectivity index (χ4v) is 4.11. The van der Waals surface area contributed by atoms with Crippen molar-refractivity contribution in [1.29, 1.82) is 0 Å². The number of carbonyl (C=O) groups excluding carboxylic acids is 2. The van der Waals surface area contributed by atoms with Gasteiger partial charge in [0, 0.05) is 11.3 Å². The van der Waals surface area contributed by atoms with E-state index in [1.54, 1.807) is 0 Å². The number of hydrogen-bond acceptors (Lipinski definition) is 2. The molecule has 0 aromatic heterocycles. The third-order valence-corrected chi connectivity index (χ3v) is 5.99. The van der Waals surface area contributed by atoms with Crippen molar-refractivity contribution in [3.8, 4) is 0 Å². The fourth-order valence-electron chi connectivity index (χ4n) is 4.11. The number of nitrogens with one attached hydrogen (secondary N) is 3. The Hall–Kier alpha value is -2.70. The summed E-state index contributed by atoms with van der Waals surface area (Å²) in [4.78, 5) is 29.6. The van der Waals surface area contributed by atoms with E-state index in [1.165, 1.54) is 20.9 Å². The minimum atomic E-state index is 0.0398. The number of benzene rings is 2. The summed E-state index contributed by atoms with van der Waals surface area (Å²) >= 11 is 0. The minimum Gasteiger partial charge on any atom is -0.327 e. The van der Waals surface area contributed by atoms with E-state index in [0.29, 0.717) is 26.2 Å². The molecule has 2 aromatic carbocycles. The van der Waals surface area contributed by atoms with Crippen LogP contribution < -0.4 is 15.1 Å². The molecule has 2 amide bonds. The first-order chi connectivity index (χ1) is 14.9. The summed E-state index contributed by atoms with van der Waals surface area (Å²) in [5.74, 6) is 0.239. The molecule has 6 nitrogen and oxygen atoms in total. The average molecular weight is 425 g/mol. The van der Waals surface area contributed by atoms with Gasteiger partial charge in [-0.3, -0.25) is 9.59 Å². The lowest BCUT2D eigenvalue weighted by Crippen LogP contribution is -3.16. The standard InChI is InChI=1S/C25H34N4O2/c1-4-22-7-5-6-8-23(22)26-24(30)18-28-13-15-29(16-14-28)25(31)19-27(3)17-21-11-9-20(2)10-12-21/h5-12H,4,13-19H2,1-3H3,(H,26,30)/p+2. The molecule has 1 atom stereocenters. The summed E-state index contributed by atoms with van der Waals surface area (Å²) in [5, 5.41) is 3.05. The van der Waals surface area contributed by atoms with Crippen LogP contribution in [0.3, 0.4) is 0 Å². The normalized spacial score (nSPS) is 15.5. The van der Waals surface area contributed by atoms with Gasteiger partial charge in [-0.1, -0.05) is 55.0 Å². The van der Waals surface area contributed by atoms with Crippen LogP contribution in [0.15, 0.2) is 48.5 Å². The summed E-state index contributed by atoms with van der Waals surface area (Å²) in [6.45, 7) is 9.01. The Morgan fingerprint density at radius 2 is 1.74 bits per heavy atom. The van der Waals surface area contributed by atoms with Crippen molar-refractivity contribution in [2.45, 2.75) is 26.8 Å². The molecule has 1 aliphatic rings. The Bertz CT molecular complexity index is 873. The van der Waals surface area contributed by atoms with Crippen LogP contribution in [0.25, 0.3) is 0 Å². The molecule has 3 rings (SSSR count). The second kappa shape index (κ2) is 11.1. The highest BCUT2D eigenvalue weighted by molar-refractivity contribution is 5.92. The van der Waals surface area contributed by atoms with E-state index in [4.69, 9.17) is 0 Å². The predicted molar refractivity (Wildman–Crippen MR) is 123 cm³/mol. The third-order valence-electron chi connectivity index (χ3n) is 5.99. The zero-order valence-electron chi connectivity index (χ0n) is 19.0. The van der Waals surface area contributed by atoms with Crippen LogP contribution in [0.1, 0.15) is 23.6 Å². The van der Waals surface area contributed by atoms with Gasteiger partial charge in [0.05, 0.1) is 33.2 Å². The molecule has 1 saturated heterocycles. The molecular formula is C25H36N4O2+2. The molecule has 0 radical (unpaired) electrons. The quantitative estimate of drug-likeness (QED) is 0.556. The Kier molecular flexibility index (Phi) is 8.20. The molecule has 6 heteroatoms. The van der Waals surface area contributed by atoms with Gasteiger partial charge in [-0.15, -0.1) is 0 Å². The summed E-state index contributed by atoms with van der Waals surface area (Å²) in [6, 6.07) is 16.4. The molecule has 0 spiro atoms. The molecule has 0 saturated carbocycles. The van der Waals surface area contributed by atoms with Crippen molar-refractivity contribution in [1.82, 2.24) is 4.90 Å². The van der Waals surface area contributed by atoms with Crippen molar-refractivity contribution in [2.24, 2.45) is 0 Å². The largest absolute Gasteiger partial charge is 0.327 e. The van der Waals surface area contributed by atoms with E-state index < -0.39 is 0 Å². The number of quaternary nitrogens is 2. The minimum absolute atomic E-state index is 0.0398. The van der Waals surface area contributed by atoms with Gasteiger partial charge in [-0.2, -0.15) is 0 Å². The zero-order chi connectivity index (χ0) is 22.2. The van der Waals surface area contributed by atoms with Crippen molar-refractivity contribution in [3.05, 3.63) is 65.2 Å². The lowest BCUT2D eigenvalue weighted by Gasteiger charge is -2.32. The van der Waals surface area contributed by atoms with Crippen molar-refractivity contribution in [3.63, 3.8) is 0 Å². The SMILES string of the molecule is CCc1ccccc1NC(=O)C[NH+]1CCN(C(=O)C[NH+](C)Cc2ccc(C)cc2)CC1. The summed E-state index contributed by atoms with van der Waals surface area (Å²) < 4.78 is 0. The predicted octanol–water partition coefficient (Wildman–Crippen LogP) is -0.0621. The number of carbonyl (C=O) groups is 2. The number of likely N-dealkylation sites (N-methyl/N-ethyl adjacent to an activating group) is 1. The zero-order valence-corrected chi connectivity index (χ0v) is 19.0. The molecule has 1 heterocycles. The van der Waals surface area contributed by atoms with E-state index in [-0.39, 0.29) is 11.8 Å². The van der Waals surface area contributed by atoms with Gasteiger partial charge in [0.1, 0.15) is 6.54 Å². The smallest absolute Gasteiger partial charge is 0.279 e. The van der Waals surface area contributed by atoms with E-state index in [1.807, 2.05) is 29.2 Å². The molecule has 0 aliphatic carbocycles. The lowest BCUT2D eigenvalue weighted by atomic mass is 10.1. The first-order valence-corrected chi connectivity index (χ1v) is 11.3. The Labute approximate surface area is 185 Å². The molecule has 2 aromatic rings. The van der Waals surface area contributed by atoms with Gasteiger partial charge in [0.25, 0.3) is 11.8 Å². The number of aryl methyl sites for hydroxylation is 2. The molecule has 1 unspecified atom stereocenters. The first-order valence-electron chi connectivity index (χ1n) is 11.3. The second-order valence-corrected chi connectivity index (χ2v) is 8.66. The number of rotatable bonds is 8. The highest BCUT2D eigenvalue weighted by Gasteiger charge is 2.27. The number of piperazine rings is 1. The van der Waals surface area contributed by atoms with Gasteiger partial charge < -0.3 is 20.0 Å². The topological polar surface area (TPSA) is 58.3 Å². The Morgan fingerprint density at radius 3 is 2.42 bits per heavy atom. The molecular weight excluding hydrogens is 388 g/mol. The maximum Gasteiger partial charge on any atom is 0.279 e. The molecule has 1 fully saturated rings. The van der Waals surface area contributed by atoms with Crippen LogP contribution >= 0.6 is 0 Å². The third kappa shape index (κ3) is 6.91. The van der Waals surface area contributed by atoms with Gasteiger partial charge in [-0.25, -0.2) is 0 Å². The maximum absolute atomic E-state index is 12.7. The highest BCUT2D eigenvalue weighted by atomic mass is 16.2. The monoisotopic (exact) mass is 424 g/mol. The van der Waals surface area contributed by atoms with Crippen LogP contribution in [0.5, 0.6) is 0 Å². The molecule has 0 bridgehead atoms. The van der Waals surface area contributed by atoms with E-state index in [0.717, 1.165) is 37.3 Å². The van der Waals surface area contributed by atoms with E-state index >= 15 is 0 Å². The van der Waals surface area contributed by atoms with Gasteiger partial charge >= 0.3 is 0 Å². The number of anilines is 1. The number of para-hydroxylation sites is 1.